The van der Waals surface area contributed by atoms with Gasteiger partial charge in [-0.25, -0.2) is 0 Å². The Bertz CT molecular complexity index is 300. The molecule has 2 N–H and O–H groups in total. The Morgan fingerprint density at radius 1 is 1.45 bits per heavy atom. The molecule has 11 heavy (non-hydrogen) atoms. The highest BCUT2D eigenvalue weighted by atomic mass is 127. The fraction of sp³-hybridized carbons (Fsp3) is 0.111. The van der Waals surface area contributed by atoms with Crippen molar-refractivity contribution in [3.63, 3.8) is 0 Å². The summed E-state index contributed by atoms with van der Waals surface area (Å²) >= 11 is 2.23. The van der Waals surface area contributed by atoms with Crippen LogP contribution in [0.4, 0.5) is 5.69 Å². The summed E-state index contributed by atoms with van der Waals surface area (Å²) in [6, 6.07) is 5.79. The molecule has 0 heterocycles. The van der Waals surface area contributed by atoms with E-state index in [1.54, 1.807) is 0 Å². The van der Waals surface area contributed by atoms with Gasteiger partial charge in [-0.15, -0.1) is 5.92 Å². The Morgan fingerprint density at radius 3 is 2.73 bits per heavy atom. The average molecular weight is 257 g/mol. The topological polar surface area (TPSA) is 26.0 Å². The van der Waals surface area contributed by atoms with Crippen LogP contribution in [0.25, 0.3) is 0 Å². The average Bonchev–Trinajstić information content (AvgIpc) is 1.97. The van der Waals surface area contributed by atoms with Crippen LogP contribution in [0, 0.1) is 15.4 Å². The molecule has 0 fully saturated rings. The first-order valence-corrected chi connectivity index (χ1v) is 4.30. The van der Waals surface area contributed by atoms with Crippen LogP contribution in [0.15, 0.2) is 18.2 Å². The SMILES string of the molecule is CC#Cc1c(N)cccc1I. The summed E-state index contributed by atoms with van der Waals surface area (Å²) < 4.78 is 1.11. The molecule has 0 saturated heterocycles. The van der Waals surface area contributed by atoms with E-state index in [0.29, 0.717) is 0 Å². The van der Waals surface area contributed by atoms with Crippen molar-refractivity contribution in [1.82, 2.24) is 0 Å². The molecule has 2 heteroatoms. The highest BCUT2D eigenvalue weighted by Gasteiger charge is 1.98. The van der Waals surface area contributed by atoms with E-state index in [1.165, 1.54) is 0 Å². The number of hydrogen-bond acceptors (Lipinski definition) is 1. The van der Waals surface area contributed by atoms with E-state index in [1.807, 2.05) is 25.1 Å². The first kappa shape index (κ1) is 8.41. The van der Waals surface area contributed by atoms with Crippen molar-refractivity contribution in [1.29, 1.82) is 0 Å². The summed E-state index contributed by atoms with van der Waals surface area (Å²) in [5, 5.41) is 0. The number of nitrogen functional groups attached to an aromatic ring is 1. The molecule has 1 aromatic rings. The van der Waals surface area contributed by atoms with Gasteiger partial charge >= 0.3 is 0 Å². The molecular formula is C9H8IN. The molecule has 0 aliphatic heterocycles. The molecule has 0 unspecified atom stereocenters. The van der Waals surface area contributed by atoms with E-state index in [0.717, 1.165) is 14.8 Å². The summed E-state index contributed by atoms with van der Waals surface area (Å²) in [5.74, 6) is 5.79. The second-order valence-electron chi connectivity index (χ2n) is 2.08. The van der Waals surface area contributed by atoms with E-state index >= 15 is 0 Å². The third-order valence-corrected chi connectivity index (χ3v) is 2.19. The van der Waals surface area contributed by atoms with Crippen molar-refractivity contribution < 1.29 is 0 Å². The zero-order valence-electron chi connectivity index (χ0n) is 6.19. The predicted molar refractivity (Wildman–Crippen MR) is 56.1 cm³/mol. The van der Waals surface area contributed by atoms with Crippen molar-refractivity contribution in [3.8, 4) is 11.8 Å². The Hall–Kier alpha value is -0.690. The largest absolute Gasteiger partial charge is 0.398 e. The van der Waals surface area contributed by atoms with Crippen LogP contribution in [0.1, 0.15) is 12.5 Å². The van der Waals surface area contributed by atoms with Gasteiger partial charge in [0.15, 0.2) is 0 Å². The van der Waals surface area contributed by atoms with Crippen LogP contribution in [0.2, 0.25) is 0 Å². The quantitative estimate of drug-likeness (QED) is 0.430. The van der Waals surface area contributed by atoms with Gasteiger partial charge in [0.25, 0.3) is 0 Å². The highest BCUT2D eigenvalue weighted by Crippen LogP contribution is 2.17. The third kappa shape index (κ3) is 1.87. The van der Waals surface area contributed by atoms with Gasteiger partial charge in [0.2, 0.25) is 0 Å². The molecule has 0 saturated carbocycles. The Morgan fingerprint density at radius 2 is 2.18 bits per heavy atom. The second kappa shape index (κ2) is 3.63. The zero-order chi connectivity index (χ0) is 8.27. The predicted octanol–water partition coefficient (Wildman–Crippen LogP) is 2.24. The summed E-state index contributed by atoms with van der Waals surface area (Å²) in [7, 11) is 0. The molecule has 0 aliphatic carbocycles. The molecule has 1 aromatic carbocycles. The number of halogens is 1. The summed E-state index contributed by atoms with van der Waals surface area (Å²) in [5.41, 5.74) is 7.40. The number of nitrogens with two attached hydrogens (primary N) is 1. The summed E-state index contributed by atoms with van der Waals surface area (Å²) in [4.78, 5) is 0. The van der Waals surface area contributed by atoms with Crippen molar-refractivity contribution >= 4 is 28.3 Å². The first-order chi connectivity index (χ1) is 5.25. The normalized spacial score (nSPS) is 8.55. The Labute approximate surface area is 80.1 Å². The molecule has 0 aromatic heterocycles. The third-order valence-electron chi connectivity index (χ3n) is 1.30. The molecule has 0 amide bonds. The lowest BCUT2D eigenvalue weighted by atomic mass is 10.2. The van der Waals surface area contributed by atoms with Crippen LogP contribution in [0.5, 0.6) is 0 Å². The highest BCUT2D eigenvalue weighted by molar-refractivity contribution is 14.1. The molecule has 0 aliphatic rings. The van der Waals surface area contributed by atoms with E-state index in [2.05, 4.69) is 34.4 Å². The van der Waals surface area contributed by atoms with E-state index < -0.39 is 0 Å². The first-order valence-electron chi connectivity index (χ1n) is 3.22. The lowest BCUT2D eigenvalue weighted by Crippen LogP contribution is -1.91. The lowest BCUT2D eigenvalue weighted by molar-refractivity contribution is 1.57. The minimum absolute atomic E-state index is 0.756. The number of hydrogen-bond donors (Lipinski definition) is 1. The molecule has 0 atom stereocenters. The van der Waals surface area contributed by atoms with Gasteiger partial charge in [-0.1, -0.05) is 12.0 Å². The number of anilines is 1. The van der Waals surface area contributed by atoms with E-state index in [-0.39, 0.29) is 0 Å². The van der Waals surface area contributed by atoms with Crippen LogP contribution in [-0.4, -0.2) is 0 Å². The van der Waals surface area contributed by atoms with Gasteiger partial charge in [-0.3, -0.25) is 0 Å². The minimum Gasteiger partial charge on any atom is -0.398 e. The van der Waals surface area contributed by atoms with E-state index in [9.17, 15) is 0 Å². The zero-order valence-corrected chi connectivity index (χ0v) is 8.34. The fourth-order valence-electron chi connectivity index (χ4n) is 0.798. The van der Waals surface area contributed by atoms with Crippen molar-refractivity contribution in [2.24, 2.45) is 0 Å². The Balaban J connectivity index is 3.28. The Kier molecular flexibility index (Phi) is 2.77. The van der Waals surface area contributed by atoms with Gasteiger partial charge in [-0.2, -0.15) is 0 Å². The molecule has 1 rings (SSSR count). The van der Waals surface area contributed by atoms with Gasteiger partial charge in [-0.05, 0) is 41.6 Å². The smallest absolute Gasteiger partial charge is 0.0608 e. The van der Waals surface area contributed by atoms with Crippen molar-refractivity contribution in [3.05, 3.63) is 27.3 Å². The van der Waals surface area contributed by atoms with Gasteiger partial charge in [0.05, 0.1) is 5.56 Å². The van der Waals surface area contributed by atoms with Crippen LogP contribution in [0.3, 0.4) is 0 Å². The van der Waals surface area contributed by atoms with Gasteiger partial charge < -0.3 is 5.73 Å². The molecular weight excluding hydrogens is 249 g/mol. The molecule has 0 bridgehead atoms. The van der Waals surface area contributed by atoms with E-state index in [4.69, 9.17) is 5.73 Å². The maximum atomic E-state index is 5.70. The van der Waals surface area contributed by atoms with Gasteiger partial charge in [0, 0.05) is 9.26 Å². The van der Waals surface area contributed by atoms with Crippen LogP contribution >= 0.6 is 22.6 Å². The van der Waals surface area contributed by atoms with Crippen molar-refractivity contribution in [2.75, 3.05) is 5.73 Å². The summed E-state index contributed by atoms with van der Waals surface area (Å²) in [6.07, 6.45) is 0. The number of benzene rings is 1. The van der Waals surface area contributed by atoms with Crippen molar-refractivity contribution in [2.45, 2.75) is 6.92 Å². The number of rotatable bonds is 0. The fourth-order valence-corrected chi connectivity index (χ4v) is 1.45. The molecule has 0 spiro atoms. The summed E-state index contributed by atoms with van der Waals surface area (Å²) in [6.45, 7) is 1.81. The lowest BCUT2D eigenvalue weighted by Gasteiger charge is -1.98. The maximum absolute atomic E-state index is 5.70. The molecule has 56 valence electrons. The minimum atomic E-state index is 0.756. The van der Waals surface area contributed by atoms with Crippen LogP contribution < -0.4 is 5.73 Å². The molecule has 1 nitrogen and oxygen atoms in total. The maximum Gasteiger partial charge on any atom is 0.0608 e. The second-order valence-corrected chi connectivity index (χ2v) is 3.24. The van der Waals surface area contributed by atoms with Gasteiger partial charge in [0.1, 0.15) is 0 Å². The molecule has 0 radical (unpaired) electrons. The van der Waals surface area contributed by atoms with Crippen LogP contribution in [-0.2, 0) is 0 Å². The monoisotopic (exact) mass is 257 g/mol. The standard InChI is InChI=1S/C9H8IN/c1-2-4-7-8(10)5-3-6-9(7)11/h3,5-6H,11H2,1H3.